The average Bonchev–Trinajstić information content (AvgIpc) is 2.37. The largest absolute Gasteiger partial charge is 0.480 e. The first-order valence-electron chi connectivity index (χ1n) is 7.02. The van der Waals surface area contributed by atoms with Crippen LogP contribution in [0.1, 0.15) is 45.4 Å². The fourth-order valence-corrected chi connectivity index (χ4v) is 2.66. The first kappa shape index (κ1) is 16.3. The fourth-order valence-electron chi connectivity index (χ4n) is 2.66. The number of urea groups is 1. The summed E-state index contributed by atoms with van der Waals surface area (Å²) in [5.74, 6) is -1.61. The van der Waals surface area contributed by atoms with Gasteiger partial charge in [0.1, 0.15) is 6.04 Å². The molecule has 114 valence electrons. The van der Waals surface area contributed by atoms with Crippen LogP contribution in [0.15, 0.2) is 0 Å². The van der Waals surface area contributed by atoms with Crippen molar-refractivity contribution >= 4 is 17.9 Å². The van der Waals surface area contributed by atoms with Gasteiger partial charge in [0.2, 0.25) is 5.91 Å². The van der Waals surface area contributed by atoms with Crippen molar-refractivity contribution in [2.75, 3.05) is 0 Å². The summed E-state index contributed by atoms with van der Waals surface area (Å²) in [5, 5.41) is 14.0. The normalized spacial score (nSPS) is 23.6. The molecule has 3 amide bonds. The molecule has 0 aliphatic heterocycles. The molecule has 3 atom stereocenters. The molecule has 0 aromatic rings. The van der Waals surface area contributed by atoms with Gasteiger partial charge in [0.05, 0.1) is 6.42 Å². The van der Waals surface area contributed by atoms with Crippen LogP contribution in [-0.2, 0) is 9.59 Å². The van der Waals surface area contributed by atoms with E-state index in [1.165, 1.54) is 0 Å². The summed E-state index contributed by atoms with van der Waals surface area (Å²) in [6.07, 6.45) is 4.77. The number of primary amides is 1. The van der Waals surface area contributed by atoms with E-state index in [1.54, 1.807) is 0 Å². The lowest BCUT2D eigenvalue weighted by atomic mass is 9.83. The number of nitrogens with two attached hydrogens (primary N) is 1. The van der Waals surface area contributed by atoms with E-state index in [2.05, 4.69) is 17.6 Å². The lowest BCUT2D eigenvalue weighted by Gasteiger charge is -2.31. The molecule has 0 aromatic carbocycles. The molecule has 0 heterocycles. The molecule has 1 saturated carbocycles. The van der Waals surface area contributed by atoms with Crippen LogP contribution in [-0.4, -0.2) is 35.1 Å². The lowest BCUT2D eigenvalue weighted by molar-refractivity contribution is -0.140. The van der Waals surface area contributed by atoms with Gasteiger partial charge in [0.15, 0.2) is 0 Å². The summed E-state index contributed by atoms with van der Waals surface area (Å²) in [6.45, 7) is 2.08. The van der Waals surface area contributed by atoms with Crippen molar-refractivity contribution in [3.05, 3.63) is 0 Å². The fraction of sp³-hybridized carbons (Fsp3) is 0.769. The SMILES string of the molecule is CCC1CCCCC1NC(=O)N[C@H](CC(N)=O)C(=O)O. The number of carboxylic acid groups (broad SMARTS) is 1. The number of hydrogen-bond acceptors (Lipinski definition) is 3. The molecule has 7 nitrogen and oxygen atoms in total. The summed E-state index contributed by atoms with van der Waals surface area (Å²) >= 11 is 0. The number of aliphatic carboxylic acids is 1. The monoisotopic (exact) mass is 285 g/mol. The van der Waals surface area contributed by atoms with E-state index in [9.17, 15) is 14.4 Å². The van der Waals surface area contributed by atoms with Gasteiger partial charge in [-0.05, 0) is 18.8 Å². The summed E-state index contributed by atoms with van der Waals surface area (Å²) in [6, 6.07) is -1.77. The number of hydrogen-bond donors (Lipinski definition) is 4. The summed E-state index contributed by atoms with van der Waals surface area (Å²) in [4.78, 5) is 33.5. The molecule has 2 unspecified atom stereocenters. The maximum absolute atomic E-state index is 11.8. The van der Waals surface area contributed by atoms with Crippen LogP contribution in [0.25, 0.3) is 0 Å². The van der Waals surface area contributed by atoms with Crippen LogP contribution < -0.4 is 16.4 Å². The first-order valence-corrected chi connectivity index (χ1v) is 7.02. The van der Waals surface area contributed by atoms with Crippen molar-refractivity contribution in [2.45, 2.75) is 57.5 Å². The van der Waals surface area contributed by atoms with Crippen molar-refractivity contribution in [3.8, 4) is 0 Å². The topological polar surface area (TPSA) is 122 Å². The third-order valence-corrected chi connectivity index (χ3v) is 3.76. The Kier molecular flexibility index (Phi) is 6.27. The van der Waals surface area contributed by atoms with Crippen LogP contribution in [0.4, 0.5) is 4.79 Å². The molecular weight excluding hydrogens is 262 g/mol. The first-order chi connectivity index (χ1) is 9.43. The van der Waals surface area contributed by atoms with E-state index in [-0.39, 0.29) is 6.04 Å². The number of carbonyl (C=O) groups excluding carboxylic acids is 2. The van der Waals surface area contributed by atoms with Crippen LogP contribution >= 0.6 is 0 Å². The number of carbonyl (C=O) groups is 3. The predicted molar refractivity (Wildman–Crippen MR) is 72.9 cm³/mol. The molecule has 1 aliphatic carbocycles. The van der Waals surface area contributed by atoms with Gasteiger partial charge in [-0.25, -0.2) is 9.59 Å². The van der Waals surface area contributed by atoms with Gasteiger partial charge in [-0.3, -0.25) is 4.79 Å². The third kappa shape index (κ3) is 5.07. The zero-order chi connectivity index (χ0) is 15.1. The van der Waals surface area contributed by atoms with Crippen LogP contribution in [0, 0.1) is 5.92 Å². The molecule has 1 fully saturated rings. The summed E-state index contributed by atoms with van der Waals surface area (Å²) in [5.41, 5.74) is 4.96. The highest BCUT2D eigenvalue weighted by atomic mass is 16.4. The molecule has 20 heavy (non-hydrogen) atoms. The van der Waals surface area contributed by atoms with E-state index in [0.717, 1.165) is 32.1 Å². The van der Waals surface area contributed by atoms with Gasteiger partial charge >= 0.3 is 12.0 Å². The van der Waals surface area contributed by atoms with E-state index < -0.39 is 30.4 Å². The summed E-state index contributed by atoms with van der Waals surface area (Å²) < 4.78 is 0. The minimum absolute atomic E-state index is 0.0665. The van der Waals surface area contributed by atoms with Gasteiger partial charge in [0.25, 0.3) is 0 Å². The van der Waals surface area contributed by atoms with E-state index in [4.69, 9.17) is 10.8 Å². The molecule has 0 saturated heterocycles. The molecule has 5 N–H and O–H groups in total. The summed E-state index contributed by atoms with van der Waals surface area (Å²) in [7, 11) is 0. The van der Waals surface area contributed by atoms with Crippen molar-refractivity contribution in [1.29, 1.82) is 0 Å². The second-order valence-corrected chi connectivity index (χ2v) is 5.24. The highest BCUT2D eigenvalue weighted by Crippen LogP contribution is 2.26. The zero-order valence-electron chi connectivity index (χ0n) is 11.7. The Balaban J connectivity index is 2.51. The third-order valence-electron chi connectivity index (χ3n) is 3.76. The Labute approximate surface area is 118 Å². The van der Waals surface area contributed by atoms with Crippen molar-refractivity contribution < 1.29 is 19.5 Å². The average molecular weight is 285 g/mol. The van der Waals surface area contributed by atoms with Crippen molar-refractivity contribution in [1.82, 2.24) is 10.6 Å². The van der Waals surface area contributed by atoms with Crippen LogP contribution in [0.2, 0.25) is 0 Å². The van der Waals surface area contributed by atoms with Gasteiger partial charge < -0.3 is 21.5 Å². The minimum Gasteiger partial charge on any atom is -0.480 e. The minimum atomic E-state index is -1.28. The van der Waals surface area contributed by atoms with Crippen molar-refractivity contribution in [2.24, 2.45) is 11.7 Å². The Hall–Kier alpha value is -1.79. The van der Waals surface area contributed by atoms with E-state index in [1.807, 2.05) is 0 Å². The molecule has 1 aliphatic rings. The molecular formula is C13H23N3O4. The zero-order valence-corrected chi connectivity index (χ0v) is 11.7. The van der Waals surface area contributed by atoms with E-state index >= 15 is 0 Å². The van der Waals surface area contributed by atoms with Gasteiger partial charge in [-0.15, -0.1) is 0 Å². The number of rotatable bonds is 6. The lowest BCUT2D eigenvalue weighted by Crippen LogP contribution is -2.52. The Morgan fingerprint density at radius 2 is 1.95 bits per heavy atom. The van der Waals surface area contributed by atoms with Crippen molar-refractivity contribution in [3.63, 3.8) is 0 Å². The van der Waals surface area contributed by atoms with Gasteiger partial charge in [0, 0.05) is 6.04 Å². The molecule has 0 bridgehead atoms. The number of nitrogens with one attached hydrogen (secondary N) is 2. The Bertz CT molecular complexity index is 373. The maximum atomic E-state index is 11.8. The second-order valence-electron chi connectivity index (χ2n) is 5.24. The quantitative estimate of drug-likeness (QED) is 0.570. The van der Waals surface area contributed by atoms with Crippen LogP contribution in [0.3, 0.4) is 0 Å². The molecule has 0 spiro atoms. The van der Waals surface area contributed by atoms with E-state index in [0.29, 0.717) is 5.92 Å². The van der Waals surface area contributed by atoms with Gasteiger partial charge in [-0.1, -0.05) is 26.2 Å². The molecule has 7 heteroatoms. The standard InChI is InChI=1S/C13H23N3O4/c1-2-8-5-3-4-6-9(8)15-13(20)16-10(12(18)19)7-11(14)17/h8-10H,2-7H2,1H3,(H2,14,17)(H,18,19)(H2,15,16,20)/t8?,9?,10-/m1/s1. The maximum Gasteiger partial charge on any atom is 0.326 e. The Morgan fingerprint density at radius 3 is 2.50 bits per heavy atom. The number of carboxylic acids is 1. The molecule has 0 aromatic heterocycles. The highest BCUT2D eigenvalue weighted by Gasteiger charge is 2.27. The van der Waals surface area contributed by atoms with Gasteiger partial charge in [-0.2, -0.15) is 0 Å². The highest BCUT2D eigenvalue weighted by molar-refractivity contribution is 5.87. The number of amides is 3. The molecule has 0 radical (unpaired) electrons. The second kappa shape index (κ2) is 7.72. The van der Waals surface area contributed by atoms with Crippen LogP contribution in [0.5, 0.6) is 0 Å². The predicted octanol–water partition coefficient (Wildman–Crippen LogP) is 0.583. The molecule has 1 rings (SSSR count). The smallest absolute Gasteiger partial charge is 0.326 e. The Morgan fingerprint density at radius 1 is 1.30 bits per heavy atom.